The van der Waals surface area contributed by atoms with Crippen molar-refractivity contribution in [3.8, 4) is 10.7 Å². The maximum absolute atomic E-state index is 5.35. The van der Waals surface area contributed by atoms with E-state index >= 15 is 0 Å². The van der Waals surface area contributed by atoms with E-state index in [0.717, 1.165) is 21.4 Å². The van der Waals surface area contributed by atoms with Gasteiger partial charge in [0.15, 0.2) is 10.6 Å². The van der Waals surface area contributed by atoms with Crippen molar-refractivity contribution in [3.63, 3.8) is 0 Å². The van der Waals surface area contributed by atoms with E-state index in [2.05, 4.69) is 56.3 Å². The Labute approximate surface area is 129 Å². The van der Waals surface area contributed by atoms with Crippen molar-refractivity contribution >= 4 is 23.6 Å². The maximum Gasteiger partial charge on any atom is 0.195 e. The van der Waals surface area contributed by atoms with Crippen molar-refractivity contribution in [1.82, 2.24) is 19.7 Å². The fourth-order valence-electron chi connectivity index (χ4n) is 2.09. The first kappa shape index (κ1) is 15.4. The molecule has 0 atom stereocenters. The van der Waals surface area contributed by atoms with Gasteiger partial charge in [-0.3, -0.25) is 9.67 Å². The molecule has 0 radical (unpaired) electrons. The number of nitrogens with one attached hydrogen (secondary N) is 1. The molecule has 110 valence electrons. The monoisotopic (exact) mass is 310 g/mol. The van der Waals surface area contributed by atoms with E-state index in [1.54, 1.807) is 11.3 Å². The molecule has 0 aliphatic carbocycles. The van der Waals surface area contributed by atoms with Crippen LogP contribution in [0.3, 0.4) is 0 Å². The predicted octanol–water partition coefficient (Wildman–Crippen LogP) is 4.89. The van der Waals surface area contributed by atoms with Crippen molar-refractivity contribution in [2.45, 2.75) is 59.4 Å². The van der Waals surface area contributed by atoms with Crippen LogP contribution in [0.1, 0.15) is 70.1 Å². The smallest absolute Gasteiger partial charge is 0.195 e. The first-order chi connectivity index (χ1) is 9.32. The summed E-state index contributed by atoms with van der Waals surface area (Å²) in [5.41, 5.74) is 1.12. The van der Waals surface area contributed by atoms with Gasteiger partial charge in [0, 0.05) is 12.0 Å². The zero-order valence-electron chi connectivity index (χ0n) is 12.9. The van der Waals surface area contributed by atoms with Gasteiger partial charge >= 0.3 is 0 Å². The molecule has 0 saturated carbocycles. The number of hydrogen-bond acceptors (Lipinski definition) is 4. The second-order valence-corrected chi connectivity index (χ2v) is 7.31. The van der Waals surface area contributed by atoms with Crippen LogP contribution in [0.2, 0.25) is 0 Å². The fraction of sp³-hybridized carbons (Fsp3) is 0.643. The fourth-order valence-corrected chi connectivity index (χ4v) is 3.64. The van der Waals surface area contributed by atoms with E-state index in [4.69, 9.17) is 17.2 Å². The Morgan fingerprint density at radius 1 is 1.10 bits per heavy atom. The van der Waals surface area contributed by atoms with Gasteiger partial charge in [0.1, 0.15) is 0 Å². The van der Waals surface area contributed by atoms with Crippen LogP contribution in [-0.2, 0) is 0 Å². The molecule has 0 fully saturated rings. The second kappa shape index (κ2) is 5.77. The van der Waals surface area contributed by atoms with Gasteiger partial charge in [-0.25, -0.2) is 4.98 Å². The van der Waals surface area contributed by atoms with Gasteiger partial charge < -0.3 is 0 Å². The van der Waals surface area contributed by atoms with Gasteiger partial charge in [-0.05, 0) is 32.0 Å². The summed E-state index contributed by atoms with van der Waals surface area (Å²) >= 11 is 7.08. The molecule has 0 bridgehead atoms. The van der Waals surface area contributed by atoms with Gasteiger partial charge in [0.2, 0.25) is 0 Å². The van der Waals surface area contributed by atoms with E-state index in [0.29, 0.717) is 16.6 Å². The Hall–Kier alpha value is -1.01. The highest BCUT2D eigenvalue weighted by Crippen LogP contribution is 2.36. The van der Waals surface area contributed by atoms with Gasteiger partial charge in [-0.1, -0.05) is 27.7 Å². The van der Waals surface area contributed by atoms with E-state index < -0.39 is 0 Å². The molecule has 0 saturated heterocycles. The first-order valence-corrected chi connectivity index (χ1v) is 8.23. The van der Waals surface area contributed by atoms with E-state index in [-0.39, 0.29) is 6.04 Å². The molecule has 0 aliphatic rings. The molecular formula is C14H22N4S2. The van der Waals surface area contributed by atoms with Crippen LogP contribution in [0.4, 0.5) is 0 Å². The zero-order valence-corrected chi connectivity index (χ0v) is 14.5. The highest BCUT2D eigenvalue weighted by molar-refractivity contribution is 7.71. The lowest BCUT2D eigenvalue weighted by atomic mass is 10.1. The highest BCUT2D eigenvalue weighted by atomic mass is 32.1. The van der Waals surface area contributed by atoms with Gasteiger partial charge in [-0.2, -0.15) is 5.10 Å². The van der Waals surface area contributed by atoms with E-state index in [1.807, 2.05) is 0 Å². The minimum atomic E-state index is 0.279. The first-order valence-electron chi connectivity index (χ1n) is 7.00. The van der Waals surface area contributed by atoms with Crippen molar-refractivity contribution < 1.29 is 0 Å². The highest BCUT2D eigenvalue weighted by Gasteiger charge is 2.22. The normalized spacial score (nSPS) is 12.1. The van der Waals surface area contributed by atoms with Crippen molar-refractivity contribution in [2.75, 3.05) is 0 Å². The molecule has 20 heavy (non-hydrogen) atoms. The standard InChI is InChI=1S/C14H22N4S2/c1-7(2)10-11(20-13(15-10)8(3)4)12-16-17-14(19)18(12)9(5)6/h7-9H,1-6H3,(H,17,19). The number of rotatable bonds is 4. The Bertz CT molecular complexity index is 646. The molecule has 2 aromatic rings. The van der Waals surface area contributed by atoms with Crippen molar-refractivity contribution in [2.24, 2.45) is 0 Å². The third-order valence-electron chi connectivity index (χ3n) is 3.13. The number of aromatic nitrogens is 4. The summed E-state index contributed by atoms with van der Waals surface area (Å²) in [5.74, 6) is 1.72. The third-order valence-corrected chi connectivity index (χ3v) is 4.79. The quantitative estimate of drug-likeness (QED) is 0.818. The van der Waals surface area contributed by atoms with Crippen LogP contribution >= 0.6 is 23.6 Å². The number of hydrogen-bond donors (Lipinski definition) is 1. The van der Waals surface area contributed by atoms with Gasteiger partial charge in [0.05, 0.1) is 15.6 Å². The summed E-state index contributed by atoms with van der Waals surface area (Å²) in [7, 11) is 0. The predicted molar refractivity (Wildman–Crippen MR) is 87.1 cm³/mol. The van der Waals surface area contributed by atoms with Crippen LogP contribution < -0.4 is 0 Å². The maximum atomic E-state index is 5.35. The average molecular weight is 310 g/mol. The SMILES string of the molecule is CC(C)c1nc(C(C)C)c(-c2n[nH]c(=S)n2C(C)C)s1. The van der Waals surface area contributed by atoms with Crippen molar-refractivity contribution in [1.29, 1.82) is 0 Å². The Balaban J connectivity index is 2.66. The van der Waals surface area contributed by atoms with Crippen LogP contribution in [0.25, 0.3) is 10.7 Å². The summed E-state index contributed by atoms with van der Waals surface area (Å²) in [4.78, 5) is 5.96. The van der Waals surface area contributed by atoms with E-state index in [1.165, 1.54) is 0 Å². The van der Waals surface area contributed by atoms with Crippen molar-refractivity contribution in [3.05, 3.63) is 15.5 Å². The summed E-state index contributed by atoms with van der Waals surface area (Å²) < 4.78 is 2.74. The summed E-state index contributed by atoms with van der Waals surface area (Å²) in [6, 6.07) is 0.279. The molecule has 0 spiro atoms. The Morgan fingerprint density at radius 2 is 1.75 bits per heavy atom. The molecule has 0 aromatic carbocycles. The molecule has 4 nitrogen and oxygen atoms in total. The zero-order chi connectivity index (χ0) is 15.0. The molecule has 1 N–H and O–H groups in total. The number of H-pyrrole nitrogens is 1. The molecule has 2 heterocycles. The Kier molecular flexibility index (Phi) is 4.44. The van der Waals surface area contributed by atoms with Crippen LogP contribution in [0.15, 0.2) is 0 Å². The molecule has 0 amide bonds. The lowest BCUT2D eigenvalue weighted by Gasteiger charge is -2.10. The lowest BCUT2D eigenvalue weighted by molar-refractivity contribution is 0.597. The topological polar surface area (TPSA) is 46.5 Å². The summed E-state index contributed by atoms with van der Waals surface area (Å²) in [6.45, 7) is 12.9. The second-order valence-electron chi connectivity index (χ2n) is 5.89. The van der Waals surface area contributed by atoms with Crippen LogP contribution in [-0.4, -0.2) is 19.7 Å². The minimum Gasteiger partial charge on any atom is -0.297 e. The molecular weight excluding hydrogens is 288 g/mol. The van der Waals surface area contributed by atoms with Gasteiger partial charge in [0.25, 0.3) is 0 Å². The number of thiazole rings is 1. The minimum absolute atomic E-state index is 0.279. The van der Waals surface area contributed by atoms with E-state index in [9.17, 15) is 0 Å². The lowest BCUT2D eigenvalue weighted by Crippen LogP contribution is -2.04. The average Bonchev–Trinajstić information content (AvgIpc) is 2.91. The molecule has 2 rings (SSSR count). The molecule has 6 heteroatoms. The number of nitrogens with zero attached hydrogens (tertiary/aromatic N) is 3. The summed E-state index contributed by atoms with van der Waals surface area (Å²) in [5, 5.41) is 8.52. The van der Waals surface area contributed by atoms with Crippen LogP contribution in [0, 0.1) is 4.77 Å². The molecule has 0 unspecified atom stereocenters. The van der Waals surface area contributed by atoms with Gasteiger partial charge in [-0.15, -0.1) is 11.3 Å². The molecule has 0 aliphatic heterocycles. The molecule has 2 aromatic heterocycles. The summed E-state index contributed by atoms with van der Waals surface area (Å²) in [6.07, 6.45) is 0. The van der Waals surface area contributed by atoms with Crippen LogP contribution in [0.5, 0.6) is 0 Å². The largest absolute Gasteiger partial charge is 0.297 e. The number of aromatic amines is 1. The third kappa shape index (κ3) is 2.72. The Morgan fingerprint density at radius 3 is 2.25 bits per heavy atom.